The summed E-state index contributed by atoms with van der Waals surface area (Å²) in [5.74, 6) is 0.344. The van der Waals surface area contributed by atoms with E-state index in [-0.39, 0.29) is 37.1 Å². The number of carbonyl (C=O) groups is 3. The van der Waals surface area contributed by atoms with Crippen molar-refractivity contribution in [3.05, 3.63) is 62.9 Å². The average molecular weight is 733 g/mol. The first kappa shape index (κ1) is 32.8. The zero-order chi connectivity index (χ0) is 32.1. The third kappa shape index (κ3) is 6.97. The Morgan fingerprint density at radius 1 is 1.11 bits per heavy atom. The Morgan fingerprint density at radius 2 is 1.87 bits per heavy atom. The van der Waals surface area contributed by atoms with Gasteiger partial charge in [0, 0.05) is 35.5 Å². The molecule has 3 N–H and O–H groups in total. The van der Waals surface area contributed by atoms with Crippen LogP contribution in [0.5, 0.6) is 17.2 Å². The minimum Gasteiger partial charge on any atom is -0.493 e. The van der Waals surface area contributed by atoms with Gasteiger partial charge in [-0.15, -0.1) is 0 Å². The second kappa shape index (κ2) is 14.6. The van der Waals surface area contributed by atoms with Crippen LogP contribution in [-0.2, 0) is 4.79 Å². The molecule has 240 valence electrons. The first-order valence-electron chi connectivity index (χ1n) is 15.0. The van der Waals surface area contributed by atoms with E-state index >= 15 is 0 Å². The molecule has 1 saturated carbocycles. The molecule has 0 spiro atoms. The van der Waals surface area contributed by atoms with E-state index in [1.165, 1.54) is 20.3 Å². The van der Waals surface area contributed by atoms with Crippen LogP contribution in [0, 0.1) is 3.57 Å². The number of rotatable bonds is 11. The Bertz CT molecular complexity index is 1580. The highest BCUT2D eigenvalue weighted by atomic mass is 127. The molecule has 0 unspecified atom stereocenters. The molecule has 11 nitrogen and oxygen atoms in total. The van der Waals surface area contributed by atoms with Crippen molar-refractivity contribution in [1.29, 1.82) is 0 Å². The number of hydrogen-bond acceptors (Lipinski definition) is 9. The molecule has 2 amide bonds. The third-order valence-electron chi connectivity index (χ3n) is 8.35. The number of aliphatic hydroxyl groups excluding tert-OH is 2. The van der Waals surface area contributed by atoms with E-state index in [2.05, 4.69) is 5.32 Å². The number of para-hydroxylation sites is 1. The maximum Gasteiger partial charge on any atom is 0.290 e. The summed E-state index contributed by atoms with van der Waals surface area (Å²) in [7, 11) is 2.98. The number of methoxy groups -OCH3 is 2. The van der Waals surface area contributed by atoms with Gasteiger partial charge in [-0.1, -0.05) is 31.4 Å². The molecule has 1 aromatic heterocycles. The smallest absolute Gasteiger partial charge is 0.290 e. The van der Waals surface area contributed by atoms with Crippen LogP contribution in [0.3, 0.4) is 0 Å². The van der Waals surface area contributed by atoms with Gasteiger partial charge in [-0.2, -0.15) is 0 Å². The molecule has 1 heterocycles. The van der Waals surface area contributed by atoms with Crippen LogP contribution in [0.1, 0.15) is 59.4 Å². The summed E-state index contributed by atoms with van der Waals surface area (Å²) in [6.07, 6.45) is 4.36. The fourth-order valence-electron chi connectivity index (χ4n) is 6.18. The Balaban J connectivity index is 1.57. The maximum absolute atomic E-state index is 14.4. The molecule has 0 bridgehead atoms. The number of ether oxygens (including phenoxy) is 3. The van der Waals surface area contributed by atoms with Gasteiger partial charge in [-0.3, -0.25) is 14.4 Å². The second-order valence-electron chi connectivity index (χ2n) is 11.2. The van der Waals surface area contributed by atoms with Crippen molar-refractivity contribution in [2.24, 2.45) is 0 Å². The number of carbonyl (C=O) groups excluding carboxylic acids is 3. The lowest BCUT2D eigenvalue weighted by Gasteiger charge is -2.44. The third-order valence-corrected chi connectivity index (χ3v) is 9.16. The standard InChI is InChI=1S/C33H37IN2O9/c1-42-25-10-6-7-20-16-28(45-30(20)25)33(41)36(22-8-4-3-5-9-22)24-15-21(32(40)35-11-12-37)17-26(29(24)39)44-31-23(34)13-19(18-38)14-27(31)43-2/h6-7,10,13-14,16-18,22,24,26,29,37,39H,3-5,8-9,11-12,15H2,1-2H3,(H,35,40)/t24-,26+,29+/m1/s1. The largest absolute Gasteiger partial charge is 0.493 e. The van der Waals surface area contributed by atoms with E-state index in [0.717, 1.165) is 32.1 Å². The lowest BCUT2D eigenvalue weighted by molar-refractivity contribution is -0.118. The van der Waals surface area contributed by atoms with Gasteiger partial charge in [0.2, 0.25) is 5.91 Å². The zero-order valence-corrected chi connectivity index (χ0v) is 27.3. The van der Waals surface area contributed by atoms with Crippen molar-refractivity contribution in [1.82, 2.24) is 10.2 Å². The number of fused-ring (bicyclic) bond motifs is 1. The van der Waals surface area contributed by atoms with Gasteiger partial charge in [-0.05, 0) is 65.8 Å². The van der Waals surface area contributed by atoms with Crippen molar-refractivity contribution < 1.29 is 43.2 Å². The minimum atomic E-state index is -1.24. The molecule has 2 aliphatic carbocycles. The lowest BCUT2D eigenvalue weighted by atomic mass is 9.85. The van der Waals surface area contributed by atoms with Crippen LogP contribution >= 0.6 is 22.6 Å². The van der Waals surface area contributed by atoms with Crippen LogP contribution in [0.15, 0.2) is 52.5 Å². The molecule has 45 heavy (non-hydrogen) atoms. The summed E-state index contributed by atoms with van der Waals surface area (Å²) >= 11 is 2.02. The van der Waals surface area contributed by atoms with E-state index in [1.807, 2.05) is 34.7 Å². The van der Waals surface area contributed by atoms with Crippen molar-refractivity contribution in [2.75, 3.05) is 27.4 Å². The summed E-state index contributed by atoms with van der Waals surface area (Å²) in [6, 6.07) is 9.18. The minimum absolute atomic E-state index is 0.0416. The summed E-state index contributed by atoms with van der Waals surface area (Å²) in [4.78, 5) is 40.8. The number of amides is 2. The lowest BCUT2D eigenvalue weighted by Crippen LogP contribution is -2.58. The zero-order valence-electron chi connectivity index (χ0n) is 25.2. The van der Waals surface area contributed by atoms with E-state index in [4.69, 9.17) is 18.6 Å². The predicted molar refractivity (Wildman–Crippen MR) is 174 cm³/mol. The summed E-state index contributed by atoms with van der Waals surface area (Å²) in [5.41, 5.74) is 1.14. The molecule has 2 aliphatic rings. The molecule has 12 heteroatoms. The SMILES string of the molecule is COc1cc(C=O)cc(I)c1O[C@H]1C=C(C(=O)NCCO)C[C@@H](N(C(=O)c2cc3cccc(OC)c3o2)C2CCCCC2)[C@@H]1O. The molecule has 1 fully saturated rings. The highest BCUT2D eigenvalue weighted by Crippen LogP contribution is 2.39. The van der Waals surface area contributed by atoms with Gasteiger partial charge in [0.1, 0.15) is 18.5 Å². The van der Waals surface area contributed by atoms with Crippen molar-refractivity contribution in [2.45, 2.75) is 62.8 Å². The number of furan rings is 1. The predicted octanol–water partition coefficient (Wildman–Crippen LogP) is 4.26. The van der Waals surface area contributed by atoms with E-state index in [9.17, 15) is 24.6 Å². The summed E-state index contributed by atoms with van der Waals surface area (Å²) in [5, 5.41) is 24.7. The van der Waals surface area contributed by atoms with Crippen molar-refractivity contribution in [3.8, 4) is 17.2 Å². The number of nitrogens with zero attached hydrogens (tertiary/aromatic N) is 1. The van der Waals surface area contributed by atoms with Crippen LogP contribution in [0.25, 0.3) is 11.0 Å². The number of halogens is 1. The van der Waals surface area contributed by atoms with Gasteiger partial charge in [0.05, 0.1) is 30.4 Å². The van der Waals surface area contributed by atoms with E-state index < -0.39 is 30.1 Å². The maximum atomic E-state index is 14.4. The number of aldehydes is 1. The quantitative estimate of drug-likeness (QED) is 0.195. The van der Waals surface area contributed by atoms with Crippen molar-refractivity contribution in [3.63, 3.8) is 0 Å². The number of benzene rings is 2. The number of hydrogen-bond donors (Lipinski definition) is 3. The highest BCUT2D eigenvalue weighted by Gasteiger charge is 2.44. The molecule has 0 aliphatic heterocycles. The Labute approximate surface area is 274 Å². The van der Waals surface area contributed by atoms with Gasteiger partial charge < -0.3 is 39.1 Å². The molecule has 5 rings (SSSR count). The monoisotopic (exact) mass is 732 g/mol. The van der Waals surface area contributed by atoms with E-state index in [1.54, 1.807) is 29.2 Å². The highest BCUT2D eigenvalue weighted by molar-refractivity contribution is 14.1. The topological polar surface area (TPSA) is 148 Å². The van der Waals surface area contributed by atoms with Crippen LogP contribution in [0.2, 0.25) is 0 Å². The number of nitrogens with one attached hydrogen (secondary N) is 1. The molecule has 3 atom stereocenters. The van der Waals surface area contributed by atoms with Gasteiger partial charge in [0.15, 0.2) is 28.6 Å². The molecular formula is C33H37IN2O9. The fourth-order valence-corrected chi connectivity index (χ4v) is 6.93. The normalized spacial score (nSPS) is 20.3. The molecule has 0 saturated heterocycles. The first-order valence-corrected chi connectivity index (χ1v) is 16.0. The average Bonchev–Trinajstić information content (AvgIpc) is 3.51. The molecule has 0 radical (unpaired) electrons. The Morgan fingerprint density at radius 3 is 2.56 bits per heavy atom. The van der Waals surface area contributed by atoms with Gasteiger partial charge >= 0.3 is 0 Å². The molecule has 2 aromatic carbocycles. The Kier molecular flexibility index (Phi) is 10.7. The van der Waals surface area contributed by atoms with Gasteiger partial charge in [-0.25, -0.2) is 0 Å². The van der Waals surface area contributed by atoms with Crippen LogP contribution in [0.4, 0.5) is 0 Å². The molecule has 3 aromatic rings. The number of aliphatic hydroxyl groups is 2. The van der Waals surface area contributed by atoms with Crippen LogP contribution in [-0.4, -0.2) is 84.9 Å². The van der Waals surface area contributed by atoms with E-state index in [0.29, 0.717) is 43.5 Å². The second-order valence-corrected chi connectivity index (χ2v) is 12.3. The summed E-state index contributed by atoms with van der Waals surface area (Å²) < 4.78 is 23.9. The van der Waals surface area contributed by atoms with Crippen molar-refractivity contribution >= 4 is 51.7 Å². The fraction of sp³-hybridized carbons (Fsp3) is 0.424. The summed E-state index contributed by atoms with van der Waals surface area (Å²) in [6.45, 7) is -0.203. The Hall–Kier alpha value is -3.62. The molecular weight excluding hydrogens is 695 g/mol. The van der Waals surface area contributed by atoms with Gasteiger partial charge in [0.25, 0.3) is 5.91 Å². The van der Waals surface area contributed by atoms with Crippen LogP contribution < -0.4 is 19.5 Å². The first-order chi connectivity index (χ1) is 21.8.